The van der Waals surface area contributed by atoms with Crippen LogP contribution in [0.2, 0.25) is 0 Å². The van der Waals surface area contributed by atoms with Crippen LogP contribution in [0.5, 0.6) is 0 Å². The quantitative estimate of drug-likeness (QED) is 0.925. The van der Waals surface area contributed by atoms with E-state index in [9.17, 15) is 4.79 Å². The number of anilines is 1. The minimum absolute atomic E-state index is 0.0204. The SMILES string of the molecule is COC1CN(CC(=O)Nc2ccc(C)cc2)CCC12CCCO2. The second-order valence-corrected chi connectivity index (χ2v) is 6.64. The Balaban J connectivity index is 1.54. The van der Waals surface area contributed by atoms with Crippen LogP contribution in [-0.2, 0) is 14.3 Å². The lowest BCUT2D eigenvalue weighted by Crippen LogP contribution is -2.57. The third-order valence-electron chi connectivity index (χ3n) is 4.98. The molecule has 2 fully saturated rings. The fraction of sp³-hybridized carbons (Fsp3) is 0.611. The molecule has 0 radical (unpaired) electrons. The number of hydrogen-bond donors (Lipinski definition) is 1. The summed E-state index contributed by atoms with van der Waals surface area (Å²) < 4.78 is 11.7. The predicted octanol–water partition coefficient (Wildman–Crippen LogP) is 2.20. The first kappa shape index (κ1) is 16.4. The average Bonchev–Trinajstić information content (AvgIpc) is 3.01. The van der Waals surface area contributed by atoms with E-state index in [4.69, 9.17) is 9.47 Å². The fourth-order valence-electron chi connectivity index (χ4n) is 3.64. The number of carbonyl (C=O) groups excluding carboxylic acids is 1. The Kier molecular flexibility index (Phi) is 4.99. The number of nitrogens with zero attached hydrogens (tertiary/aromatic N) is 1. The molecule has 23 heavy (non-hydrogen) atoms. The molecule has 2 aliphatic rings. The number of benzene rings is 1. The highest BCUT2D eigenvalue weighted by molar-refractivity contribution is 5.92. The van der Waals surface area contributed by atoms with Crippen molar-refractivity contribution in [2.45, 2.75) is 37.9 Å². The lowest BCUT2D eigenvalue weighted by molar-refractivity contribution is -0.145. The second-order valence-electron chi connectivity index (χ2n) is 6.64. The van der Waals surface area contributed by atoms with Gasteiger partial charge in [-0.05, 0) is 38.3 Å². The van der Waals surface area contributed by atoms with Crippen LogP contribution in [-0.4, -0.2) is 55.9 Å². The van der Waals surface area contributed by atoms with Crippen molar-refractivity contribution in [2.24, 2.45) is 0 Å². The first-order valence-corrected chi connectivity index (χ1v) is 8.37. The minimum Gasteiger partial charge on any atom is -0.377 e. The van der Waals surface area contributed by atoms with Crippen molar-refractivity contribution in [3.63, 3.8) is 0 Å². The molecule has 5 heteroatoms. The molecule has 0 aromatic heterocycles. The van der Waals surface area contributed by atoms with E-state index in [2.05, 4.69) is 10.2 Å². The van der Waals surface area contributed by atoms with E-state index >= 15 is 0 Å². The predicted molar refractivity (Wildman–Crippen MR) is 89.6 cm³/mol. The van der Waals surface area contributed by atoms with Gasteiger partial charge in [-0.15, -0.1) is 0 Å². The van der Waals surface area contributed by atoms with Gasteiger partial charge >= 0.3 is 0 Å². The summed E-state index contributed by atoms with van der Waals surface area (Å²) in [6, 6.07) is 7.86. The lowest BCUT2D eigenvalue weighted by atomic mass is 9.86. The van der Waals surface area contributed by atoms with Gasteiger partial charge in [-0.25, -0.2) is 0 Å². The fourth-order valence-corrected chi connectivity index (χ4v) is 3.64. The third-order valence-corrected chi connectivity index (χ3v) is 4.98. The molecule has 5 nitrogen and oxygen atoms in total. The Morgan fingerprint density at radius 1 is 1.39 bits per heavy atom. The van der Waals surface area contributed by atoms with Crippen molar-refractivity contribution < 1.29 is 14.3 Å². The Morgan fingerprint density at radius 2 is 2.17 bits per heavy atom. The van der Waals surface area contributed by atoms with Crippen LogP contribution in [0, 0.1) is 6.92 Å². The van der Waals surface area contributed by atoms with Gasteiger partial charge in [-0.1, -0.05) is 17.7 Å². The molecule has 1 spiro atoms. The Bertz CT molecular complexity index is 538. The Hall–Kier alpha value is -1.43. The molecule has 2 aliphatic heterocycles. The molecule has 0 saturated carbocycles. The van der Waals surface area contributed by atoms with E-state index in [1.165, 1.54) is 5.56 Å². The van der Waals surface area contributed by atoms with Crippen LogP contribution in [0.4, 0.5) is 5.69 Å². The molecule has 0 bridgehead atoms. The highest BCUT2D eigenvalue weighted by Crippen LogP contribution is 2.37. The molecule has 1 aromatic carbocycles. The largest absolute Gasteiger partial charge is 0.377 e. The zero-order valence-corrected chi connectivity index (χ0v) is 14.0. The number of nitrogens with one attached hydrogen (secondary N) is 1. The first-order chi connectivity index (χ1) is 11.1. The maximum absolute atomic E-state index is 12.2. The number of likely N-dealkylation sites (tertiary alicyclic amines) is 1. The molecular formula is C18H26N2O3. The van der Waals surface area contributed by atoms with Crippen LogP contribution in [0.1, 0.15) is 24.8 Å². The van der Waals surface area contributed by atoms with E-state index in [1.54, 1.807) is 7.11 Å². The summed E-state index contributed by atoms with van der Waals surface area (Å²) in [5.41, 5.74) is 1.90. The second kappa shape index (κ2) is 6.99. The van der Waals surface area contributed by atoms with Gasteiger partial charge in [0.2, 0.25) is 5.91 Å². The normalized spacial score (nSPS) is 28.2. The highest BCUT2D eigenvalue weighted by Gasteiger charge is 2.46. The van der Waals surface area contributed by atoms with E-state index in [0.29, 0.717) is 6.54 Å². The van der Waals surface area contributed by atoms with E-state index in [0.717, 1.165) is 44.6 Å². The van der Waals surface area contributed by atoms with Crippen molar-refractivity contribution >= 4 is 11.6 Å². The van der Waals surface area contributed by atoms with Crippen molar-refractivity contribution in [1.82, 2.24) is 4.90 Å². The van der Waals surface area contributed by atoms with Crippen molar-refractivity contribution in [3.05, 3.63) is 29.8 Å². The van der Waals surface area contributed by atoms with E-state index < -0.39 is 0 Å². The molecule has 2 heterocycles. The van der Waals surface area contributed by atoms with Crippen LogP contribution in [0.3, 0.4) is 0 Å². The number of aryl methyl sites for hydroxylation is 1. The van der Waals surface area contributed by atoms with Gasteiger partial charge in [0.1, 0.15) is 0 Å². The van der Waals surface area contributed by atoms with Gasteiger partial charge in [0.25, 0.3) is 0 Å². The standard InChI is InChI=1S/C18H26N2O3/c1-14-4-6-15(7-5-14)19-17(21)13-20-10-9-18(8-3-11-23-18)16(12-20)22-2/h4-7,16H,3,8-13H2,1-2H3,(H,19,21). The maximum Gasteiger partial charge on any atom is 0.238 e. The summed E-state index contributed by atoms with van der Waals surface area (Å²) in [5, 5.41) is 2.96. The van der Waals surface area contributed by atoms with E-state index in [-0.39, 0.29) is 17.6 Å². The van der Waals surface area contributed by atoms with Crippen molar-refractivity contribution in [1.29, 1.82) is 0 Å². The molecule has 1 aromatic rings. The summed E-state index contributed by atoms with van der Waals surface area (Å²) in [7, 11) is 1.74. The third kappa shape index (κ3) is 3.74. The smallest absolute Gasteiger partial charge is 0.238 e. The number of amides is 1. The summed E-state index contributed by atoms with van der Waals surface area (Å²) in [5.74, 6) is 0.0204. The summed E-state index contributed by atoms with van der Waals surface area (Å²) in [4.78, 5) is 14.4. The van der Waals surface area contributed by atoms with E-state index in [1.807, 2.05) is 31.2 Å². The topological polar surface area (TPSA) is 50.8 Å². The van der Waals surface area contributed by atoms with Crippen LogP contribution < -0.4 is 5.32 Å². The minimum atomic E-state index is -0.126. The number of hydrogen-bond acceptors (Lipinski definition) is 4. The summed E-state index contributed by atoms with van der Waals surface area (Å²) in [6.07, 6.45) is 3.15. The zero-order valence-electron chi connectivity index (χ0n) is 14.0. The van der Waals surface area contributed by atoms with Gasteiger partial charge in [-0.2, -0.15) is 0 Å². The molecule has 0 aliphatic carbocycles. The van der Waals surface area contributed by atoms with Gasteiger partial charge < -0.3 is 14.8 Å². The number of ether oxygens (including phenoxy) is 2. The Labute approximate surface area is 137 Å². The molecule has 2 atom stereocenters. The molecular weight excluding hydrogens is 292 g/mol. The molecule has 2 saturated heterocycles. The van der Waals surface area contributed by atoms with Crippen LogP contribution >= 0.6 is 0 Å². The van der Waals surface area contributed by atoms with Gasteiger partial charge in [0, 0.05) is 32.5 Å². The summed E-state index contributed by atoms with van der Waals surface area (Å²) in [6.45, 7) is 4.88. The lowest BCUT2D eigenvalue weighted by Gasteiger charge is -2.44. The monoisotopic (exact) mass is 318 g/mol. The average molecular weight is 318 g/mol. The van der Waals surface area contributed by atoms with Crippen molar-refractivity contribution in [3.8, 4) is 0 Å². The van der Waals surface area contributed by atoms with Crippen LogP contribution in [0.15, 0.2) is 24.3 Å². The number of piperidine rings is 1. The number of methoxy groups -OCH3 is 1. The molecule has 126 valence electrons. The maximum atomic E-state index is 12.2. The summed E-state index contributed by atoms with van der Waals surface area (Å²) >= 11 is 0. The first-order valence-electron chi connectivity index (χ1n) is 8.37. The van der Waals surface area contributed by atoms with Crippen molar-refractivity contribution in [2.75, 3.05) is 38.7 Å². The van der Waals surface area contributed by atoms with Gasteiger partial charge in [0.05, 0.1) is 18.2 Å². The Morgan fingerprint density at radius 3 is 2.83 bits per heavy atom. The number of rotatable bonds is 4. The molecule has 3 rings (SSSR count). The zero-order chi connectivity index (χ0) is 16.3. The van der Waals surface area contributed by atoms with Gasteiger partial charge in [-0.3, -0.25) is 9.69 Å². The molecule has 1 amide bonds. The molecule has 1 N–H and O–H groups in total. The number of carbonyl (C=O) groups is 1. The highest BCUT2D eigenvalue weighted by atomic mass is 16.5. The molecule has 2 unspecified atom stereocenters. The van der Waals surface area contributed by atoms with Crippen LogP contribution in [0.25, 0.3) is 0 Å². The van der Waals surface area contributed by atoms with Gasteiger partial charge in [0.15, 0.2) is 0 Å².